The average Bonchev–Trinajstić information content (AvgIpc) is 2.46. The molecule has 0 spiro atoms. The monoisotopic (exact) mass is 247 g/mol. The summed E-state index contributed by atoms with van der Waals surface area (Å²) in [6.07, 6.45) is 0. The number of nitrogens with one attached hydrogen (secondary N) is 1. The van der Waals surface area contributed by atoms with E-state index in [0.29, 0.717) is 0 Å². The molecule has 1 heterocycles. The number of hydrogen-bond donors (Lipinski definition) is 2. The van der Waals surface area contributed by atoms with Gasteiger partial charge in [0, 0.05) is 38.4 Å². The summed E-state index contributed by atoms with van der Waals surface area (Å²) in [5, 5.41) is 0. The van der Waals surface area contributed by atoms with Crippen molar-refractivity contribution in [2.45, 2.75) is 6.92 Å². The minimum atomic E-state index is 0.748. The second kappa shape index (κ2) is 6.26. The minimum Gasteiger partial charge on any atom is -0.368 e. The Kier molecular flexibility index (Phi) is 4.41. The lowest BCUT2D eigenvalue weighted by atomic mass is 10.2. The summed E-state index contributed by atoms with van der Waals surface area (Å²) in [5.41, 5.74) is 3.97. The van der Waals surface area contributed by atoms with Crippen LogP contribution in [-0.4, -0.2) is 43.6 Å². The summed E-state index contributed by atoms with van der Waals surface area (Å²) in [6, 6.07) is 10.5. The number of rotatable bonds is 2. The number of guanidine groups is 1. The molecule has 1 aliphatic heterocycles. The molecule has 98 valence electrons. The van der Waals surface area contributed by atoms with Crippen LogP contribution < -0.4 is 16.2 Å². The van der Waals surface area contributed by atoms with Gasteiger partial charge < -0.3 is 9.80 Å². The normalized spacial score (nSPS) is 16.9. The molecule has 3 N–H and O–H groups in total. The molecule has 0 radical (unpaired) electrons. The molecule has 1 aromatic rings. The maximum atomic E-state index is 5.50. The van der Waals surface area contributed by atoms with E-state index in [1.165, 1.54) is 5.69 Å². The van der Waals surface area contributed by atoms with Gasteiger partial charge in [0.05, 0.1) is 0 Å². The van der Waals surface area contributed by atoms with Crippen LogP contribution in [0, 0.1) is 0 Å². The molecule has 5 nitrogen and oxygen atoms in total. The molecule has 0 unspecified atom stereocenters. The molecule has 1 aliphatic rings. The van der Waals surface area contributed by atoms with Gasteiger partial charge in [-0.15, -0.1) is 0 Å². The highest BCUT2D eigenvalue weighted by Gasteiger charge is 2.19. The van der Waals surface area contributed by atoms with Gasteiger partial charge in [-0.05, 0) is 19.1 Å². The van der Waals surface area contributed by atoms with Gasteiger partial charge in [0.2, 0.25) is 5.96 Å². The zero-order chi connectivity index (χ0) is 12.8. The van der Waals surface area contributed by atoms with Crippen LogP contribution in [0.3, 0.4) is 0 Å². The van der Waals surface area contributed by atoms with Crippen molar-refractivity contribution >= 4 is 11.6 Å². The first kappa shape index (κ1) is 12.7. The van der Waals surface area contributed by atoms with Crippen molar-refractivity contribution in [2.24, 2.45) is 10.8 Å². The van der Waals surface area contributed by atoms with E-state index in [-0.39, 0.29) is 0 Å². The van der Waals surface area contributed by atoms with Crippen molar-refractivity contribution in [1.29, 1.82) is 0 Å². The van der Waals surface area contributed by atoms with Crippen LogP contribution in [0.25, 0.3) is 0 Å². The van der Waals surface area contributed by atoms with E-state index in [1.54, 1.807) is 0 Å². The number of nitrogens with zero attached hydrogens (tertiary/aromatic N) is 3. The smallest absolute Gasteiger partial charge is 0.208 e. The van der Waals surface area contributed by atoms with Crippen molar-refractivity contribution in [2.75, 3.05) is 37.6 Å². The zero-order valence-electron chi connectivity index (χ0n) is 10.8. The van der Waals surface area contributed by atoms with E-state index in [2.05, 4.69) is 44.5 Å². The van der Waals surface area contributed by atoms with Gasteiger partial charge in [0.1, 0.15) is 0 Å². The highest BCUT2D eigenvalue weighted by Crippen LogP contribution is 2.15. The highest BCUT2D eigenvalue weighted by molar-refractivity contribution is 5.79. The summed E-state index contributed by atoms with van der Waals surface area (Å²) in [7, 11) is 0. The Labute approximate surface area is 108 Å². The SMILES string of the molecule is CCN=C(NN)N1CCN(c2ccccc2)CC1. The standard InChI is InChI=1S/C13H21N5/c1-2-15-13(16-14)18-10-8-17(9-11-18)12-6-4-3-5-7-12/h3-7H,2,8-11,14H2,1H3,(H,15,16). The topological polar surface area (TPSA) is 56.9 Å². The Hall–Kier alpha value is -1.75. The lowest BCUT2D eigenvalue weighted by Gasteiger charge is -2.37. The molecule has 1 aromatic carbocycles. The van der Waals surface area contributed by atoms with Crippen LogP contribution in [0.2, 0.25) is 0 Å². The van der Waals surface area contributed by atoms with Crippen molar-refractivity contribution in [3.8, 4) is 0 Å². The van der Waals surface area contributed by atoms with Crippen LogP contribution in [0.4, 0.5) is 5.69 Å². The van der Waals surface area contributed by atoms with Crippen LogP contribution >= 0.6 is 0 Å². The van der Waals surface area contributed by atoms with Gasteiger partial charge in [-0.2, -0.15) is 0 Å². The molecule has 2 rings (SSSR count). The summed E-state index contributed by atoms with van der Waals surface area (Å²) >= 11 is 0. The Morgan fingerprint density at radius 2 is 1.89 bits per heavy atom. The number of piperazine rings is 1. The van der Waals surface area contributed by atoms with Crippen LogP contribution in [0.5, 0.6) is 0 Å². The summed E-state index contributed by atoms with van der Waals surface area (Å²) < 4.78 is 0. The molecule has 0 atom stereocenters. The predicted octanol–water partition coefficient (Wildman–Crippen LogP) is 0.648. The summed E-state index contributed by atoms with van der Waals surface area (Å²) in [5.74, 6) is 6.30. The van der Waals surface area contributed by atoms with Gasteiger partial charge in [-0.1, -0.05) is 18.2 Å². The van der Waals surface area contributed by atoms with Crippen molar-refractivity contribution in [1.82, 2.24) is 10.3 Å². The summed E-state index contributed by atoms with van der Waals surface area (Å²) in [6.45, 7) is 6.63. The van der Waals surface area contributed by atoms with Gasteiger partial charge in [0.25, 0.3) is 0 Å². The predicted molar refractivity (Wildman–Crippen MR) is 75.5 cm³/mol. The van der Waals surface area contributed by atoms with Crippen LogP contribution in [0.1, 0.15) is 6.92 Å². The maximum absolute atomic E-state index is 5.50. The second-order valence-electron chi connectivity index (χ2n) is 4.25. The van der Waals surface area contributed by atoms with Crippen LogP contribution in [-0.2, 0) is 0 Å². The van der Waals surface area contributed by atoms with Crippen molar-refractivity contribution in [3.63, 3.8) is 0 Å². The lowest BCUT2D eigenvalue weighted by Crippen LogP contribution is -2.54. The number of benzene rings is 1. The fourth-order valence-electron chi connectivity index (χ4n) is 2.20. The number of hydrazine groups is 1. The van der Waals surface area contributed by atoms with E-state index in [9.17, 15) is 0 Å². The van der Waals surface area contributed by atoms with Gasteiger partial charge in [-0.3, -0.25) is 10.4 Å². The van der Waals surface area contributed by atoms with Gasteiger partial charge in [0.15, 0.2) is 0 Å². The first-order valence-electron chi connectivity index (χ1n) is 6.41. The average molecular weight is 247 g/mol. The largest absolute Gasteiger partial charge is 0.368 e. The minimum absolute atomic E-state index is 0.748. The fraction of sp³-hybridized carbons (Fsp3) is 0.462. The third-order valence-corrected chi connectivity index (χ3v) is 3.14. The summed E-state index contributed by atoms with van der Waals surface area (Å²) in [4.78, 5) is 8.93. The van der Waals surface area contributed by atoms with E-state index >= 15 is 0 Å². The Bertz CT molecular complexity index is 382. The van der Waals surface area contributed by atoms with Gasteiger partial charge >= 0.3 is 0 Å². The number of anilines is 1. The molecule has 0 aromatic heterocycles. The molecule has 0 saturated carbocycles. The molecule has 0 aliphatic carbocycles. The number of hydrogen-bond acceptors (Lipinski definition) is 3. The molecule has 0 amide bonds. The molecule has 18 heavy (non-hydrogen) atoms. The molecular weight excluding hydrogens is 226 g/mol. The number of nitrogens with two attached hydrogens (primary N) is 1. The maximum Gasteiger partial charge on any atom is 0.208 e. The van der Waals surface area contributed by atoms with Crippen molar-refractivity contribution < 1.29 is 0 Å². The first-order chi connectivity index (χ1) is 8.85. The molecule has 1 saturated heterocycles. The van der Waals surface area contributed by atoms with Crippen LogP contribution in [0.15, 0.2) is 35.3 Å². The Morgan fingerprint density at radius 1 is 1.22 bits per heavy atom. The first-order valence-corrected chi connectivity index (χ1v) is 6.41. The van der Waals surface area contributed by atoms with E-state index in [4.69, 9.17) is 5.84 Å². The third-order valence-electron chi connectivity index (χ3n) is 3.14. The Balaban J connectivity index is 1.94. The number of para-hydroxylation sites is 1. The van der Waals surface area contributed by atoms with Gasteiger partial charge in [-0.25, -0.2) is 5.84 Å². The fourth-order valence-corrected chi connectivity index (χ4v) is 2.20. The highest BCUT2D eigenvalue weighted by atomic mass is 15.4. The molecule has 0 bridgehead atoms. The third kappa shape index (κ3) is 2.92. The van der Waals surface area contributed by atoms with E-state index in [0.717, 1.165) is 38.7 Å². The molecule has 1 fully saturated rings. The quantitative estimate of drug-likeness (QED) is 0.349. The second-order valence-corrected chi connectivity index (χ2v) is 4.25. The van der Waals surface area contributed by atoms with E-state index in [1.807, 2.05) is 13.0 Å². The van der Waals surface area contributed by atoms with E-state index < -0.39 is 0 Å². The van der Waals surface area contributed by atoms with Crippen molar-refractivity contribution in [3.05, 3.63) is 30.3 Å². The molecular formula is C13H21N5. The number of aliphatic imine (C=N–C) groups is 1. The molecule has 5 heteroatoms. The Morgan fingerprint density at radius 3 is 2.44 bits per heavy atom. The lowest BCUT2D eigenvalue weighted by molar-refractivity contribution is 0.373. The zero-order valence-corrected chi connectivity index (χ0v) is 10.8.